The molecule has 2 heterocycles. The fourth-order valence-corrected chi connectivity index (χ4v) is 3.29. The molecule has 1 unspecified atom stereocenters. The van der Waals surface area contributed by atoms with E-state index in [1.54, 1.807) is 19.2 Å². The number of guanidine groups is 1. The number of urea groups is 1. The lowest BCUT2D eigenvalue weighted by Gasteiger charge is -2.33. The number of rotatable bonds is 4. The lowest BCUT2D eigenvalue weighted by molar-refractivity contribution is -0.526. The highest BCUT2D eigenvalue weighted by atomic mass is 19.1. The predicted molar refractivity (Wildman–Crippen MR) is 95.4 cm³/mol. The molecule has 3 amide bonds. The molecule has 1 fully saturated rings. The summed E-state index contributed by atoms with van der Waals surface area (Å²) in [6, 6.07) is 5.12. The summed E-state index contributed by atoms with van der Waals surface area (Å²) in [4.78, 5) is 34.1. The van der Waals surface area contributed by atoms with Crippen LogP contribution in [0, 0.1) is 5.82 Å². The molecule has 138 valence electrons. The summed E-state index contributed by atoms with van der Waals surface area (Å²) in [5.41, 5.74) is 0.863. The van der Waals surface area contributed by atoms with Crippen molar-refractivity contribution >= 4 is 23.7 Å². The molecule has 1 atom stereocenters. The fourth-order valence-electron chi connectivity index (χ4n) is 3.29. The average Bonchev–Trinajstić information content (AvgIpc) is 3.00. The van der Waals surface area contributed by atoms with Crippen molar-refractivity contribution in [2.75, 3.05) is 27.2 Å². The zero-order valence-corrected chi connectivity index (χ0v) is 15.4. The Labute approximate surface area is 152 Å². The Kier molecular flexibility index (Phi) is 4.76. The molecule has 0 saturated carbocycles. The highest BCUT2D eigenvalue weighted by Crippen LogP contribution is 2.25. The van der Waals surface area contributed by atoms with E-state index in [-0.39, 0.29) is 11.7 Å². The number of amides is 3. The summed E-state index contributed by atoms with van der Waals surface area (Å²) in [7, 11) is 3.10. The summed E-state index contributed by atoms with van der Waals surface area (Å²) < 4.78 is 15.3. The zero-order chi connectivity index (χ0) is 19.0. The second kappa shape index (κ2) is 6.86. The van der Waals surface area contributed by atoms with Gasteiger partial charge in [0.2, 0.25) is 11.9 Å². The zero-order valence-electron chi connectivity index (χ0n) is 15.4. The Morgan fingerprint density at radius 1 is 1.08 bits per heavy atom. The first-order valence-electron chi connectivity index (χ1n) is 8.65. The van der Waals surface area contributed by atoms with Gasteiger partial charge in [-0.05, 0) is 31.5 Å². The molecule has 0 spiro atoms. The summed E-state index contributed by atoms with van der Waals surface area (Å²) in [6.07, 6.45) is 0. The first kappa shape index (κ1) is 18.0. The third-order valence-electron chi connectivity index (χ3n) is 4.82. The molecule has 0 radical (unpaired) electrons. The number of hydrogen-bond acceptors (Lipinski definition) is 2. The van der Waals surface area contributed by atoms with E-state index in [1.807, 2.05) is 23.3 Å². The normalized spacial score (nSPS) is 19.9. The van der Waals surface area contributed by atoms with Crippen LogP contribution < -0.4 is 0 Å². The molecule has 8 heteroatoms. The van der Waals surface area contributed by atoms with E-state index < -0.39 is 12.1 Å². The fraction of sp³-hybridized carbons (Fsp3) is 0.444. The Morgan fingerprint density at radius 3 is 2.27 bits per heavy atom. The minimum absolute atomic E-state index is 0.307. The number of imide groups is 1. The predicted octanol–water partition coefficient (Wildman–Crippen LogP) is 1.34. The summed E-state index contributed by atoms with van der Waals surface area (Å²) >= 11 is 0. The number of aliphatic imine (C=N–C) groups is 1. The van der Waals surface area contributed by atoms with Crippen molar-refractivity contribution in [3.8, 4) is 0 Å². The molecule has 7 nitrogen and oxygen atoms in total. The smallest absolute Gasteiger partial charge is 0.270 e. The van der Waals surface area contributed by atoms with Crippen molar-refractivity contribution in [2.24, 2.45) is 4.99 Å². The first-order valence-corrected chi connectivity index (χ1v) is 8.65. The Hall–Kier alpha value is -2.77. The number of nitrogens with zero attached hydrogens (tertiary/aromatic N) is 5. The SMILES string of the molecule is CC[N+](CC)=C1N=C2C(C(=O)N(C)C(=O)N2C)N1Cc1ccc(F)cc1. The van der Waals surface area contributed by atoms with Crippen molar-refractivity contribution in [1.82, 2.24) is 14.7 Å². The Bertz CT molecular complexity index is 796. The van der Waals surface area contributed by atoms with Crippen LogP contribution in [0.25, 0.3) is 0 Å². The number of carbonyl (C=O) groups excluding carboxylic acids is 2. The molecule has 1 aromatic rings. The first-order chi connectivity index (χ1) is 12.4. The molecular formula is C18H23FN5O2+. The van der Waals surface area contributed by atoms with Crippen molar-refractivity contribution in [3.05, 3.63) is 35.6 Å². The van der Waals surface area contributed by atoms with E-state index in [0.29, 0.717) is 18.3 Å². The maximum atomic E-state index is 13.2. The van der Waals surface area contributed by atoms with E-state index in [9.17, 15) is 14.0 Å². The maximum absolute atomic E-state index is 13.2. The number of hydrogen-bond donors (Lipinski definition) is 0. The third kappa shape index (κ3) is 2.85. The summed E-state index contributed by atoms with van der Waals surface area (Å²) in [5.74, 6) is 0.472. The standard InChI is InChI=1S/C18H23FN5O2/c1-5-23(6-2)17-20-15-14(16(25)22(4)18(26)21(15)3)24(17)11-12-7-9-13(19)10-8-12/h7-10,14H,5-6,11H2,1-4H3/q+1. The van der Waals surface area contributed by atoms with Gasteiger partial charge in [-0.2, -0.15) is 0 Å². The van der Waals surface area contributed by atoms with Crippen LogP contribution in [0.5, 0.6) is 0 Å². The van der Waals surface area contributed by atoms with Gasteiger partial charge in [-0.1, -0.05) is 17.1 Å². The maximum Gasteiger partial charge on any atom is 0.392 e. The van der Waals surface area contributed by atoms with Crippen molar-refractivity contribution < 1.29 is 18.6 Å². The van der Waals surface area contributed by atoms with Crippen LogP contribution in [0.1, 0.15) is 19.4 Å². The molecule has 3 rings (SSSR count). The number of fused-ring (bicyclic) bond motifs is 1. The Morgan fingerprint density at radius 2 is 1.69 bits per heavy atom. The van der Waals surface area contributed by atoms with E-state index in [2.05, 4.69) is 4.99 Å². The van der Waals surface area contributed by atoms with Gasteiger partial charge in [-0.25, -0.2) is 14.1 Å². The second-order valence-electron chi connectivity index (χ2n) is 6.34. The van der Waals surface area contributed by atoms with Crippen LogP contribution in [0.15, 0.2) is 29.3 Å². The van der Waals surface area contributed by atoms with Gasteiger partial charge < -0.3 is 0 Å². The van der Waals surface area contributed by atoms with Gasteiger partial charge in [0.05, 0.1) is 19.6 Å². The van der Waals surface area contributed by atoms with Gasteiger partial charge in [0.1, 0.15) is 5.82 Å². The van der Waals surface area contributed by atoms with Gasteiger partial charge in [0, 0.05) is 14.1 Å². The molecule has 0 aromatic heterocycles. The largest absolute Gasteiger partial charge is 0.392 e. The van der Waals surface area contributed by atoms with Crippen LogP contribution in [-0.4, -0.2) is 76.2 Å². The summed E-state index contributed by atoms with van der Waals surface area (Å²) in [6.45, 7) is 5.86. The van der Waals surface area contributed by atoms with Crippen molar-refractivity contribution in [3.63, 3.8) is 0 Å². The molecule has 26 heavy (non-hydrogen) atoms. The third-order valence-corrected chi connectivity index (χ3v) is 4.82. The van der Waals surface area contributed by atoms with E-state index in [0.717, 1.165) is 23.6 Å². The topological polar surface area (TPSA) is 59.2 Å². The number of likely N-dealkylation sites (N-methyl/N-ethyl adjacent to an activating group) is 2. The molecular weight excluding hydrogens is 337 g/mol. The molecule has 0 aliphatic carbocycles. The second-order valence-corrected chi connectivity index (χ2v) is 6.34. The van der Waals surface area contributed by atoms with E-state index in [1.165, 1.54) is 24.1 Å². The van der Waals surface area contributed by atoms with Crippen molar-refractivity contribution in [1.29, 1.82) is 0 Å². The van der Waals surface area contributed by atoms with Crippen LogP contribution >= 0.6 is 0 Å². The van der Waals surface area contributed by atoms with Crippen LogP contribution in [0.3, 0.4) is 0 Å². The van der Waals surface area contributed by atoms with Gasteiger partial charge >= 0.3 is 12.0 Å². The molecule has 0 N–H and O–H groups in total. The molecule has 0 bridgehead atoms. The number of halogens is 1. The van der Waals surface area contributed by atoms with Gasteiger partial charge in [-0.15, -0.1) is 0 Å². The minimum Gasteiger partial charge on any atom is -0.270 e. The van der Waals surface area contributed by atoms with Crippen LogP contribution in [0.2, 0.25) is 0 Å². The van der Waals surface area contributed by atoms with E-state index >= 15 is 0 Å². The number of benzene rings is 1. The lowest BCUT2D eigenvalue weighted by Crippen LogP contribution is -2.62. The number of amidine groups is 1. The van der Waals surface area contributed by atoms with Crippen LogP contribution in [-0.2, 0) is 11.3 Å². The average molecular weight is 360 g/mol. The number of carbonyl (C=O) groups is 2. The summed E-state index contributed by atoms with van der Waals surface area (Å²) in [5, 5.41) is 0. The quantitative estimate of drug-likeness (QED) is 0.762. The highest BCUT2D eigenvalue weighted by molar-refractivity contribution is 6.25. The van der Waals surface area contributed by atoms with E-state index in [4.69, 9.17) is 0 Å². The molecule has 2 aliphatic rings. The van der Waals surface area contributed by atoms with Gasteiger partial charge in [0.25, 0.3) is 5.91 Å². The van der Waals surface area contributed by atoms with Crippen LogP contribution in [0.4, 0.5) is 9.18 Å². The monoisotopic (exact) mass is 360 g/mol. The van der Waals surface area contributed by atoms with Crippen molar-refractivity contribution in [2.45, 2.75) is 26.4 Å². The molecule has 1 aromatic carbocycles. The highest BCUT2D eigenvalue weighted by Gasteiger charge is 2.55. The lowest BCUT2D eigenvalue weighted by atomic mass is 10.1. The Balaban J connectivity index is 2.06. The molecule has 2 aliphatic heterocycles. The molecule has 1 saturated heterocycles. The van der Waals surface area contributed by atoms with Gasteiger partial charge in [0.15, 0.2) is 0 Å². The van der Waals surface area contributed by atoms with Gasteiger partial charge in [-0.3, -0.25) is 19.2 Å². The minimum atomic E-state index is -0.664.